The summed E-state index contributed by atoms with van der Waals surface area (Å²) in [5, 5.41) is 26.4. The monoisotopic (exact) mass is 409 g/mol. The van der Waals surface area contributed by atoms with Gasteiger partial charge in [0.05, 0.1) is 24.8 Å². The second kappa shape index (κ2) is 9.98. The summed E-state index contributed by atoms with van der Waals surface area (Å²) >= 11 is 0. The van der Waals surface area contributed by atoms with Crippen LogP contribution in [0.1, 0.15) is 0 Å². The summed E-state index contributed by atoms with van der Waals surface area (Å²) in [6.07, 6.45) is -2.39. The smallest absolute Gasteiger partial charge is 0.138 e. The zero-order chi connectivity index (χ0) is 9.72. The van der Waals surface area contributed by atoms with E-state index in [-0.39, 0.29) is 33.5 Å². The van der Waals surface area contributed by atoms with E-state index >= 15 is 0 Å². The molecule has 0 radical (unpaired) electrons. The minimum absolute atomic E-state index is 0. The maximum absolute atomic E-state index is 10.1. The van der Waals surface area contributed by atoms with Crippen LogP contribution in [0.25, 0.3) is 0 Å². The summed E-state index contributed by atoms with van der Waals surface area (Å²) in [6.45, 7) is -0.625. The van der Waals surface area contributed by atoms with Gasteiger partial charge in [-0.1, -0.05) is 0 Å². The van der Waals surface area contributed by atoms with Gasteiger partial charge in [0.15, 0.2) is 0 Å². The molecule has 0 aromatic heterocycles. The third-order valence-electron chi connectivity index (χ3n) is 1.58. The molecule has 8 heteroatoms. The Hall–Kier alpha value is 0.448. The van der Waals surface area contributed by atoms with Crippen LogP contribution in [0.2, 0.25) is 0 Å². The third kappa shape index (κ3) is 6.03. The van der Waals surface area contributed by atoms with E-state index in [1.54, 1.807) is 0 Å². The second-order valence-corrected chi connectivity index (χ2v) is 2.53. The van der Waals surface area contributed by atoms with E-state index in [1.807, 2.05) is 0 Å². The molecule has 0 aliphatic heterocycles. The summed E-state index contributed by atoms with van der Waals surface area (Å²) in [4.78, 5) is 10.1. The van der Waals surface area contributed by atoms with Gasteiger partial charge in [0.1, 0.15) is 12.4 Å². The van der Waals surface area contributed by atoms with Crippen LogP contribution in [0.5, 0.6) is 0 Å². The van der Waals surface area contributed by atoms with E-state index in [0.717, 1.165) is 0 Å². The molecule has 7 N–H and O–H groups in total. The Morgan fingerprint density at radius 3 is 2.00 bits per heavy atom. The molecular formula is C6H15ClN2O4Pt. The SMILES string of the molecule is Cl.N[C@@H]([C@H](O)[C@H](O)CO)[C@@H](N)C=O.[Pt]. The molecule has 0 rings (SSSR count). The molecule has 0 amide bonds. The second-order valence-electron chi connectivity index (χ2n) is 2.53. The van der Waals surface area contributed by atoms with E-state index in [9.17, 15) is 4.79 Å². The van der Waals surface area contributed by atoms with Gasteiger partial charge in [0.25, 0.3) is 0 Å². The third-order valence-corrected chi connectivity index (χ3v) is 1.58. The number of aliphatic hydroxyl groups excluding tert-OH is 3. The van der Waals surface area contributed by atoms with Crippen molar-refractivity contribution in [1.82, 2.24) is 0 Å². The minimum Gasteiger partial charge on any atom is -0.394 e. The van der Waals surface area contributed by atoms with Crippen molar-refractivity contribution in [3.05, 3.63) is 0 Å². The van der Waals surface area contributed by atoms with Gasteiger partial charge in [-0.25, -0.2) is 0 Å². The molecule has 0 bridgehead atoms. The largest absolute Gasteiger partial charge is 0.394 e. The average molecular weight is 410 g/mol. The predicted octanol–water partition coefficient (Wildman–Crippen LogP) is -3.03. The van der Waals surface area contributed by atoms with Crippen molar-refractivity contribution in [3.8, 4) is 0 Å². The molecule has 0 spiro atoms. The topological polar surface area (TPSA) is 130 Å². The molecule has 90 valence electrons. The van der Waals surface area contributed by atoms with E-state index < -0.39 is 30.9 Å². The van der Waals surface area contributed by atoms with Crippen LogP contribution in [0.4, 0.5) is 0 Å². The van der Waals surface area contributed by atoms with Gasteiger partial charge in [0, 0.05) is 21.1 Å². The number of aldehydes is 1. The molecule has 14 heavy (non-hydrogen) atoms. The molecule has 0 saturated heterocycles. The number of aliphatic hydroxyl groups is 3. The molecule has 0 saturated carbocycles. The van der Waals surface area contributed by atoms with E-state index in [4.69, 9.17) is 26.8 Å². The maximum atomic E-state index is 10.1. The van der Waals surface area contributed by atoms with E-state index in [0.29, 0.717) is 6.29 Å². The van der Waals surface area contributed by atoms with Gasteiger partial charge in [-0.05, 0) is 0 Å². The van der Waals surface area contributed by atoms with Crippen LogP contribution in [0.15, 0.2) is 0 Å². The van der Waals surface area contributed by atoms with Gasteiger partial charge >= 0.3 is 0 Å². The van der Waals surface area contributed by atoms with Crippen LogP contribution >= 0.6 is 12.4 Å². The number of nitrogens with two attached hydrogens (primary N) is 2. The first kappa shape index (κ1) is 19.9. The molecule has 0 aliphatic carbocycles. The van der Waals surface area contributed by atoms with Crippen molar-refractivity contribution in [3.63, 3.8) is 0 Å². The molecule has 0 aromatic carbocycles. The first-order chi connectivity index (χ1) is 5.54. The van der Waals surface area contributed by atoms with E-state index in [1.165, 1.54) is 0 Å². The number of hydrogen-bond acceptors (Lipinski definition) is 6. The van der Waals surface area contributed by atoms with E-state index in [2.05, 4.69) is 0 Å². The zero-order valence-corrected chi connectivity index (χ0v) is 10.3. The van der Waals surface area contributed by atoms with Gasteiger partial charge < -0.3 is 31.6 Å². The van der Waals surface area contributed by atoms with Gasteiger partial charge in [0.2, 0.25) is 0 Å². The Bertz CT molecular complexity index is 154. The molecule has 0 unspecified atom stereocenters. The predicted molar refractivity (Wildman–Crippen MR) is 48.4 cm³/mol. The first-order valence-corrected chi connectivity index (χ1v) is 3.48. The fraction of sp³-hybridized carbons (Fsp3) is 0.833. The standard InChI is InChI=1S/C6H14N2O4.ClH.Pt/c7-3(1-9)5(8)6(12)4(11)2-10;;/h1,3-6,10-12H,2,7-8H2;1H;/t3-,4+,5+,6+;;/m0../s1. The van der Waals surface area contributed by atoms with Crippen molar-refractivity contribution in [2.45, 2.75) is 24.3 Å². The van der Waals surface area contributed by atoms with Gasteiger partial charge in [-0.15, -0.1) is 12.4 Å². The van der Waals surface area contributed by atoms with Gasteiger partial charge in [-0.3, -0.25) is 0 Å². The Balaban J connectivity index is -0.000000605. The van der Waals surface area contributed by atoms with Crippen molar-refractivity contribution < 1.29 is 41.2 Å². The number of carbonyl (C=O) groups is 1. The average Bonchev–Trinajstić information content (AvgIpc) is 2.12. The zero-order valence-electron chi connectivity index (χ0n) is 7.22. The van der Waals surface area contributed by atoms with Crippen LogP contribution in [0.3, 0.4) is 0 Å². The van der Waals surface area contributed by atoms with Crippen molar-refractivity contribution >= 4 is 18.7 Å². The van der Waals surface area contributed by atoms with Crippen LogP contribution < -0.4 is 11.5 Å². The van der Waals surface area contributed by atoms with Crippen LogP contribution in [-0.4, -0.2) is 52.5 Å². The van der Waals surface area contributed by atoms with Crippen LogP contribution in [0, 0.1) is 0 Å². The van der Waals surface area contributed by atoms with Crippen LogP contribution in [-0.2, 0) is 25.9 Å². The molecule has 0 aromatic rings. The Morgan fingerprint density at radius 2 is 1.71 bits per heavy atom. The minimum atomic E-state index is -1.39. The summed E-state index contributed by atoms with van der Waals surface area (Å²) in [5.74, 6) is 0. The summed E-state index contributed by atoms with van der Waals surface area (Å²) < 4.78 is 0. The number of hydrogen-bond donors (Lipinski definition) is 5. The fourth-order valence-electron chi connectivity index (χ4n) is 0.683. The Kier molecular flexibility index (Phi) is 14.2. The quantitative estimate of drug-likeness (QED) is 0.307. The van der Waals surface area contributed by atoms with Crippen molar-refractivity contribution in [2.75, 3.05) is 6.61 Å². The Labute approximate surface area is 102 Å². The summed E-state index contributed by atoms with van der Waals surface area (Å²) in [6, 6.07) is -2.11. The summed E-state index contributed by atoms with van der Waals surface area (Å²) in [7, 11) is 0. The Morgan fingerprint density at radius 1 is 1.29 bits per heavy atom. The fourth-order valence-corrected chi connectivity index (χ4v) is 0.683. The van der Waals surface area contributed by atoms with Gasteiger partial charge in [-0.2, -0.15) is 0 Å². The maximum Gasteiger partial charge on any atom is 0.138 e. The number of rotatable bonds is 5. The molecule has 0 aliphatic rings. The summed E-state index contributed by atoms with van der Waals surface area (Å²) in [5.41, 5.74) is 10.4. The van der Waals surface area contributed by atoms with Crippen molar-refractivity contribution in [2.24, 2.45) is 11.5 Å². The normalized spacial score (nSPS) is 18.1. The van der Waals surface area contributed by atoms with Crippen molar-refractivity contribution in [1.29, 1.82) is 0 Å². The molecular weight excluding hydrogens is 395 g/mol. The molecule has 0 fully saturated rings. The molecule has 4 atom stereocenters. The number of carbonyl (C=O) groups excluding carboxylic acids is 1. The number of halogens is 1. The first-order valence-electron chi connectivity index (χ1n) is 3.48. The molecule has 0 heterocycles. The molecule has 6 nitrogen and oxygen atoms in total.